The SMILES string of the molecule is Cc1nn(-c2ccc(NCCNS(=O)(=O)c3cn(C)c(C)n3)nn2)c(C)c1C. The van der Waals surface area contributed by atoms with E-state index in [2.05, 4.69) is 30.3 Å². The fourth-order valence-electron chi connectivity index (χ4n) is 2.58. The van der Waals surface area contributed by atoms with Crippen LogP contribution in [0.4, 0.5) is 5.82 Å². The molecule has 0 unspecified atom stereocenters. The number of anilines is 1. The van der Waals surface area contributed by atoms with Crippen molar-refractivity contribution in [3.8, 4) is 5.82 Å². The Labute approximate surface area is 164 Å². The molecule has 3 aromatic rings. The van der Waals surface area contributed by atoms with Gasteiger partial charge in [-0.2, -0.15) is 5.10 Å². The van der Waals surface area contributed by atoms with Crippen LogP contribution in [0.1, 0.15) is 22.8 Å². The predicted molar refractivity (Wildman–Crippen MR) is 105 cm³/mol. The van der Waals surface area contributed by atoms with Gasteiger partial charge in [-0.05, 0) is 45.4 Å². The van der Waals surface area contributed by atoms with Crippen LogP contribution in [0.3, 0.4) is 0 Å². The van der Waals surface area contributed by atoms with E-state index < -0.39 is 10.0 Å². The molecule has 0 spiro atoms. The van der Waals surface area contributed by atoms with Crippen LogP contribution in [0.5, 0.6) is 0 Å². The molecule has 0 radical (unpaired) electrons. The first kappa shape index (κ1) is 20.0. The maximum Gasteiger partial charge on any atom is 0.259 e. The van der Waals surface area contributed by atoms with Gasteiger partial charge in [-0.3, -0.25) is 0 Å². The first-order chi connectivity index (χ1) is 13.2. The highest BCUT2D eigenvalue weighted by atomic mass is 32.2. The molecule has 0 aromatic carbocycles. The highest BCUT2D eigenvalue weighted by Crippen LogP contribution is 2.15. The van der Waals surface area contributed by atoms with E-state index in [4.69, 9.17) is 0 Å². The number of imidazole rings is 1. The highest BCUT2D eigenvalue weighted by molar-refractivity contribution is 7.89. The first-order valence-corrected chi connectivity index (χ1v) is 10.3. The topological polar surface area (TPSA) is 120 Å². The summed E-state index contributed by atoms with van der Waals surface area (Å²) in [5.74, 6) is 1.81. The molecule has 0 saturated heterocycles. The molecule has 0 saturated carbocycles. The van der Waals surface area contributed by atoms with Gasteiger partial charge < -0.3 is 9.88 Å². The number of nitrogens with zero attached hydrogens (tertiary/aromatic N) is 6. The van der Waals surface area contributed by atoms with Crippen LogP contribution in [0.15, 0.2) is 23.4 Å². The summed E-state index contributed by atoms with van der Waals surface area (Å²) < 4.78 is 30.4. The van der Waals surface area contributed by atoms with E-state index in [0.717, 1.165) is 17.0 Å². The van der Waals surface area contributed by atoms with E-state index >= 15 is 0 Å². The van der Waals surface area contributed by atoms with Gasteiger partial charge in [0.15, 0.2) is 10.8 Å². The molecule has 0 fully saturated rings. The summed E-state index contributed by atoms with van der Waals surface area (Å²) in [5, 5.41) is 15.8. The van der Waals surface area contributed by atoms with E-state index in [1.54, 1.807) is 29.3 Å². The monoisotopic (exact) mass is 404 g/mol. The summed E-state index contributed by atoms with van der Waals surface area (Å²) in [6.45, 7) is 8.26. The van der Waals surface area contributed by atoms with Gasteiger partial charge >= 0.3 is 0 Å². The fourth-order valence-corrected chi connectivity index (χ4v) is 3.65. The quantitative estimate of drug-likeness (QED) is 0.564. The third-order valence-corrected chi connectivity index (χ3v) is 5.94. The van der Waals surface area contributed by atoms with Gasteiger partial charge in [0.25, 0.3) is 10.0 Å². The lowest BCUT2D eigenvalue weighted by atomic mass is 10.2. The lowest BCUT2D eigenvalue weighted by Gasteiger charge is -2.07. The number of aryl methyl sites for hydroxylation is 3. The van der Waals surface area contributed by atoms with Crippen LogP contribution >= 0.6 is 0 Å². The minimum Gasteiger partial charge on any atom is -0.367 e. The smallest absolute Gasteiger partial charge is 0.259 e. The summed E-state index contributed by atoms with van der Waals surface area (Å²) in [7, 11) is -1.89. The average molecular weight is 405 g/mol. The zero-order valence-electron chi connectivity index (χ0n) is 16.6. The van der Waals surface area contributed by atoms with Crippen molar-refractivity contribution in [2.24, 2.45) is 7.05 Å². The molecule has 28 heavy (non-hydrogen) atoms. The number of nitrogens with one attached hydrogen (secondary N) is 2. The standard InChI is InChI=1S/C17H24N8O2S/c1-11-12(2)23-25(13(11)3)16-7-6-15(21-22-16)18-8-9-19-28(26,27)17-10-24(5)14(4)20-17/h6-7,10,19H,8-9H2,1-5H3,(H,18,21). The van der Waals surface area contributed by atoms with Crippen molar-refractivity contribution in [1.82, 2.24) is 34.3 Å². The van der Waals surface area contributed by atoms with Gasteiger partial charge in [0.2, 0.25) is 0 Å². The van der Waals surface area contributed by atoms with Gasteiger partial charge in [-0.25, -0.2) is 22.8 Å². The molecule has 3 heterocycles. The summed E-state index contributed by atoms with van der Waals surface area (Å²) in [5.41, 5.74) is 3.10. The average Bonchev–Trinajstić information content (AvgIpc) is 3.14. The summed E-state index contributed by atoms with van der Waals surface area (Å²) >= 11 is 0. The summed E-state index contributed by atoms with van der Waals surface area (Å²) in [4.78, 5) is 4.03. The van der Waals surface area contributed by atoms with Crippen molar-refractivity contribution in [3.63, 3.8) is 0 Å². The molecule has 2 N–H and O–H groups in total. The largest absolute Gasteiger partial charge is 0.367 e. The fraction of sp³-hybridized carbons (Fsp3) is 0.412. The Balaban J connectivity index is 1.56. The molecule has 0 aliphatic carbocycles. The van der Waals surface area contributed by atoms with Crippen molar-refractivity contribution < 1.29 is 8.42 Å². The molecular weight excluding hydrogens is 380 g/mol. The molecule has 0 amide bonds. The van der Waals surface area contributed by atoms with Gasteiger partial charge in [-0.15, -0.1) is 10.2 Å². The number of hydrogen-bond donors (Lipinski definition) is 2. The first-order valence-electron chi connectivity index (χ1n) is 8.79. The molecule has 0 bridgehead atoms. The lowest BCUT2D eigenvalue weighted by Crippen LogP contribution is -2.29. The van der Waals surface area contributed by atoms with Gasteiger partial charge in [-0.1, -0.05) is 0 Å². The van der Waals surface area contributed by atoms with Gasteiger partial charge in [0.1, 0.15) is 11.6 Å². The van der Waals surface area contributed by atoms with E-state index in [-0.39, 0.29) is 11.6 Å². The number of sulfonamides is 1. The number of rotatable bonds is 7. The Hall–Kier alpha value is -2.79. The second kappa shape index (κ2) is 7.68. The van der Waals surface area contributed by atoms with Crippen LogP contribution in [-0.2, 0) is 17.1 Å². The third kappa shape index (κ3) is 4.04. The van der Waals surface area contributed by atoms with E-state index in [1.807, 2.05) is 26.8 Å². The zero-order chi connectivity index (χ0) is 20.5. The normalized spacial score (nSPS) is 11.8. The molecule has 0 atom stereocenters. The van der Waals surface area contributed by atoms with Crippen molar-refractivity contribution in [1.29, 1.82) is 0 Å². The van der Waals surface area contributed by atoms with Crippen LogP contribution < -0.4 is 10.0 Å². The maximum atomic E-state index is 12.2. The third-order valence-electron chi connectivity index (χ3n) is 4.61. The predicted octanol–water partition coefficient (Wildman–Crippen LogP) is 1.02. The molecule has 11 heteroatoms. The van der Waals surface area contributed by atoms with Crippen LogP contribution in [-0.4, -0.2) is 51.0 Å². The zero-order valence-corrected chi connectivity index (χ0v) is 17.4. The minimum absolute atomic E-state index is 0.0109. The molecule has 3 rings (SSSR count). The van der Waals surface area contributed by atoms with Crippen molar-refractivity contribution >= 4 is 15.8 Å². The summed E-state index contributed by atoms with van der Waals surface area (Å²) in [6.07, 6.45) is 1.48. The summed E-state index contributed by atoms with van der Waals surface area (Å²) in [6, 6.07) is 3.60. The second-order valence-corrected chi connectivity index (χ2v) is 8.26. The Morgan fingerprint density at radius 1 is 1.07 bits per heavy atom. The minimum atomic E-state index is -3.64. The van der Waals surface area contributed by atoms with Crippen LogP contribution in [0.25, 0.3) is 5.82 Å². The van der Waals surface area contributed by atoms with E-state index in [0.29, 0.717) is 24.0 Å². The molecule has 3 aromatic heterocycles. The number of aromatic nitrogens is 6. The Kier molecular flexibility index (Phi) is 5.47. The molecular formula is C17H24N8O2S. The highest BCUT2D eigenvalue weighted by Gasteiger charge is 2.17. The lowest BCUT2D eigenvalue weighted by molar-refractivity contribution is 0.579. The van der Waals surface area contributed by atoms with E-state index in [9.17, 15) is 8.42 Å². The number of hydrogen-bond acceptors (Lipinski definition) is 7. The second-order valence-electron chi connectivity index (χ2n) is 6.55. The van der Waals surface area contributed by atoms with Crippen LogP contribution in [0, 0.1) is 27.7 Å². The van der Waals surface area contributed by atoms with Gasteiger partial charge in [0, 0.05) is 32.0 Å². The van der Waals surface area contributed by atoms with Crippen LogP contribution in [0.2, 0.25) is 0 Å². The Morgan fingerprint density at radius 3 is 2.36 bits per heavy atom. The maximum absolute atomic E-state index is 12.2. The van der Waals surface area contributed by atoms with Crippen molar-refractivity contribution in [2.45, 2.75) is 32.7 Å². The molecule has 0 aliphatic rings. The Morgan fingerprint density at radius 2 is 1.82 bits per heavy atom. The molecule has 10 nitrogen and oxygen atoms in total. The van der Waals surface area contributed by atoms with Gasteiger partial charge in [0.05, 0.1) is 5.69 Å². The molecule has 0 aliphatic heterocycles. The van der Waals surface area contributed by atoms with Crippen molar-refractivity contribution in [3.05, 3.63) is 41.1 Å². The molecule has 150 valence electrons. The van der Waals surface area contributed by atoms with Crippen molar-refractivity contribution in [2.75, 3.05) is 18.4 Å². The van der Waals surface area contributed by atoms with E-state index in [1.165, 1.54) is 6.20 Å². The Bertz CT molecular complexity index is 1060.